The molecule has 0 radical (unpaired) electrons. The van der Waals surface area contributed by atoms with Crippen molar-refractivity contribution >= 4 is 11.5 Å². The summed E-state index contributed by atoms with van der Waals surface area (Å²) >= 11 is 1.40. The Hall–Kier alpha value is -1.26. The van der Waals surface area contributed by atoms with Crippen molar-refractivity contribution in [3.8, 4) is 0 Å². The van der Waals surface area contributed by atoms with Gasteiger partial charge in [-0.15, -0.1) is 5.10 Å². The van der Waals surface area contributed by atoms with E-state index in [1.54, 1.807) is 0 Å². The Kier molecular flexibility index (Phi) is 2.68. The molecule has 88 valence electrons. The number of aryl methyl sites for hydroxylation is 3. The van der Waals surface area contributed by atoms with E-state index in [0.29, 0.717) is 0 Å². The summed E-state index contributed by atoms with van der Waals surface area (Å²) in [6, 6.07) is 6.54. The van der Waals surface area contributed by atoms with Crippen molar-refractivity contribution in [1.82, 2.24) is 9.59 Å². The fraction of sp³-hybridized carbons (Fsp3) is 0.385. The third-order valence-electron chi connectivity index (χ3n) is 3.45. The topological polar surface area (TPSA) is 51.8 Å². The van der Waals surface area contributed by atoms with E-state index < -0.39 is 0 Å². The van der Waals surface area contributed by atoms with E-state index in [0.717, 1.165) is 10.6 Å². The Morgan fingerprint density at radius 1 is 1.29 bits per heavy atom. The summed E-state index contributed by atoms with van der Waals surface area (Å²) in [5, 5.41) is 4.02. The zero-order valence-electron chi connectivity index (χ0n) is 9.81. The van der Waals surface area contributed by atoms with Crippen LogP contribution in [0.2, 0.25) is 0 Å². The number of nitrogens with two attached hydrogens (primary N) is 1. The van der Waals surface area contributed by atoms with Gasteiger partial charge in [0.05, 0.1) is 16.6 Å². The SMILES string of the molecule is Cc1nnsc1C(N)c1ccc2c(c1)CCC2. The van der Waals surface area contributed by atoms with Crippen LogP contribution in [0.5, 0.6) is 0 Å². The minimum atomic E-state index is -0.0825. The molecule has 2 N–H and O–H groups in total. The van der Waals surface area contributed by atoms with E-state index in [1.807, 2.05) is 6.92 Å². The fourth-order valence-electron chi connectivity index (χ4n) is 2.46. The summed E-state index contributed by atoms with van der Waals surface area (Å²) in [7, 11) is 0. The first-order chi connectivity index (χ1) is 8.25. The Morgan fingerprint density at radius 2 is 2.12 bits per heavy atom. The van der Waals surface area contributed by atoms with Gasteiger partial charge in [-0.2, -0.15) is 0 Å². The quantitative estimate of drug-likeness (QED) is 0.883. The van der Waals surface area contributed by atoms with E-state index in [4.69, 9.17) is 5.73 Å². The van der Waals surface area contributed by atoms with Gasteiger partial charge in [0.25, 0.3) is 0 Å². The maximum absolute atomic E-state index is 6.29. The van der Waals surface area contributed by atoms with Crippen LogP contribution in [0.1, 0.15) is 39.7 Å². The van der Waals surface area contributed by atoms with E-state index >= 15 is 0 Å². The van der Waals surface area contributed by atoms with Crippen LogP contribution >= 0.6 is 11.5 Å². The molecule has 1 aromatic carbocycles. The van der Waals surface area contributed by atoms with Crippen molar-refractivity contribution in [2.75, 3.05) is 0 Å². The van der Waals surface area contributed by atoms with Crippen LogP contribution in [0, 0.1) is 6.92 Å². The highest BCUT2D eigenvalue weighted by Gasteiger charge is 2.18. The Morgan fingerprint density at radius 3 is 2.88 bits per heavy atom. The minimum absolute atomic E-state index is 0.0825. The zero-order valence-corrected chi connectivity index (χ0v) is 10.6. The van der Waals surface area contributed by atoms with Gasteiger partial charge in [-0.3, -0.25) is 0 Å². The average molecular weight is 245 g/mol. The molecule has 0 saturated carbocycles. The third kappa shape index (κ3) is 1.87. The van der Waals surface area contributed by atoms with E-state index in [2.05, 4.69) is 27.8 Å². The number of aromatic nitrogens is 2. The highest BCUT2D eigenvalue weighted by Crippen LogP contribution is 2.29. The van der Waals surface area contributed by atoms with Crippen LogP contribution in [-0.2, 0) is 12.8 Å². The summed E-state index contributed by atoms with van der Waals surface area (Å²) < 4.78 is 3.95. The first-order valence-electron chi connectivity index (χ1n) is 5.92. The minimum Gasteiger partial charge on any atom is -0.320 e. The second kappa shape index (κ2) is 4.20. The van der Waals surface area contributed by atoms with Gasteiger partial charge in [0.15, 0.2) is 0 Å². The molecule has 1 aliphatic carbocycles. The number of nitrogens with zero attached hydrogens (tertiary/aromatic N) is 2. The Balaban J connectivity index is 1.97. The lowest BCUT2D eigenvalue weighted by Crippen LogP contribution is -2.12. The van der Waals surface area contributed by atoms with Crippen LogP contribution in [0.15, 0.2) is 18.2 Å². The molecule has 4 heteroatoms. The lowest BCUT2D eigenvalue weighted by atomic mass is 10.0. The molecule has 0 amide bonds. The van der Waals surface area contributed by atoms with Gasteiger partial charge in [-0.25, -0.2) is 0 Å². The molecule has 0 saturated heterocycles. The third-order valence-corrected chi connectivity index (χ3v) is 4.36. The summed E-state index contributed by atoms with van der Waals surface area (Å²) in [4.78, 5) is 1.07. The first-order valence-corrected chi connectivity index (χ1v) is 6.69. The zero-order chi connectivity index (χ0) is 11.8. The van der Waals surface area contributed by atoms with Gasteiger partial charge < -0.3 is 5.73 Å². The molecule has 1 heterocycles. The summed E-state index contributed by atoms with van der Waals surface area (Å²) in [6.07, 6.45) is 3.68. The average Bonchev–Trinajstić information content (AvgIpc) is 2.95. The Bertz CT molecular complexity index is 547. The van der Waals surface area contributed by atoms with E-state index in [1.165, 1.54) is 47.5 Å². The van der Waals surface area contributed by atoms with Crippen LogP contribution in [-0.4, -0.2) is 9.59 Å². The molecule has 3 rings (SSSR count). The second-order valence-electron chi connectivity index (χ2n) is 4.58. The molecule has 0 fully saturated rings. The standard InChI is InChI=1S/C13H15N3S/c1-8-13(17-16-15-8)12(14)11-6-5-9-3-2-4-10(9)7-11/h5-7,12H,2-4,14H2,1H3. The van der Waals surface area contributed by atoms with Crippen molar-refractivity contribution in [2.45, 2.75) is 32.2 Å². The normalized spacial score (nSPS) is 15.9. The van der Waals surface area contributed by atoms with Crippen LogP contribution < -0.4 is 5.73 Å². The van der Waals surface area contributed by atoms with Crippen LogP contribution in [0.3, 0.4) is 0 Å². The van der Waals surface area contributed by atoms with Crippen molar-refractivity contribution in [1.29, 1.82) is 0 Å². The van der Waals surface area contributed by atoms with E-state index in [9.17, 15) is 0 Å². The molecular formula is C13H15N3S. The number of rotatable bonds is 2. The van der Waals surface area contributed by atoms with Crippen molar-refractivity contribution in [3.63, 3.8) is 0 Å². The largest absolute Gasteiger partial charge is 0.320 e. The summed E-state index contributed by atoms with van der Waals surface area (Å²) in [5.74, 6) is 0. The van der Waals surface area contributed by atoms with Gasteiger partial charge in [0.2, 0.25) is 0 Å². The first kappa shape index (κ1) is 10.9. The molecule has 0 bridgehead atoms. The highest BCUT2D eigenvalue weighted by molar-refractivity contribution is 7.05. The van der Waals surface area contributed by atoms with Crippen molar-refractivity contribution in [2.24, 2.45) is 5.73 Å². The van der Waals surface area contributed by atoms with E-state index in [-0.39, 0.29) is 6.04 Å². The number of hydrogen-bond acceptors (Lipinski definition) is 4. The molecule has 17 heavy (non-hydrogen) atoms. The number of hydrogen-bond donors (Lipinski definition) is 1. The van der Waals surface area contributed by atoms with Gasteiger partial charge in [-0.05, 0) is 54.4 Å². The molecule has 1 atom stereocenters. The fourth-order valence-corrected chi connectivity index (χ4v) is 3.13. The maximum atomic E-state index is 6.29. The molecular weight excluding hydrogens is 230 g/mol. The second-order valence-corrected chi connectivity index (χ2v) is 5.37. The molecule has 3 nitrogen and oxygen atoms in total. The van der Waals surface area contributed by atoms with Gasteiger partial charge >= 0.3 is 0 Å². The maximum Gasteiger partial charge on any atom is 0.0776 e. The monoisotopic (exact) mass is 245 g/mol. The lowest BCUT2D eigenvalue weighted by Gasteiger charge is -2.12. The van der Waals surface area contributed by atoms with Gasteiger partial charge in [-0.1, -0.05) is 22.7 Å². The number of fused-ring (bicyclic) bond motifs is 1. The van der Waals surface area contributed by atoms with Gasteiger partial charge in [0.1, 0.15) is 0 Å². The number of benzene rings is 1. The molecule has 1 aromatic heterocycles. The predicted octanol–water partition coefficient (Wildman–Crippen LogP) is 2.38. The predicted molar refractivity (Wildman–Crippen MR) is 69.1 cm³/mol. The van der Waals surface area contributed by atoms with Crippen molar-refractivity contribution in [3.05, 3.63) is 45.5 Å². The van der Waals surface area contributed by atoms with Gasteiger partial charge in [0, 0.05) is 0 Å². The smallest absolute Gasteiger partial charge is 0.0776 e. The molecule has 1 aliphatic rings. The molecule has 0 spiro atoms. The van der Waals surface area contributed by atoms with Crippen molar-refractivity contribution < 1.29 is 0 Å². The molecule has 0 aliphatic heterocycles. The Labute approximate surface area is 105 Å². The molecule has 1 unspecified atom stereocenters. The lowest BCUT2D eigenvalue weighted by molar-refractivity contribution is 0.870. The van der Waals surface area contributed by atoms with Crippen LogP contribution in [0.4, 0.5) is 0 Å². The molecule has 2 aromatic rings. The summed E-state index contributed by atoms with van der Waals surface area (Å²) in [5.41, 5.74) is 11.4. The summed E-state index contributed by atoms with van der Waals surface area (Å²) in [6.45, 7) is 1.96. The highest BCUT2D eigenvalue weighted by atomic mass is 32.1. The van der Waals surface area contributed by atoms with Crippen LogP contribution in [0.25, 0.3) is 0 Å².